The molecule has 2 N–H and O–H groups in total. The van der Waals surface area contributed by atoms with E-state index in [0.717, 1.165) is 5.69 Å². The minimum absolute atomic E-state index is 0.000174. The average molecular weight is 460 g/mol. The molecule has 0 radical (unpaired) electrons. The van der Waals surface area contributed by atoms with Crippen LogP contribution in [-0.2, 0) is 4.74 Å². The molecule has 176 valence electrons. The molecule has 1 aliphatic rings. The molecular weight excluding hydrogens is 434 g/mol. The maximum atomic E-state index is 14.5. The molecule has 3 aromatic rings. The number of methoxy groups -OCH3 is 1. The second-order valence-corrected chi connectivity index (χ2v) is 8.48. The van der Waals surface area contributed by atoms with E-state index in [9.17, 15) is 13.9 Å². The van der Waals surface area contributed by atoms with E-state index in [1.807, 2.05) is 0 Å². The first kappa shape index (κ1) is 23.0. The fraction of sp³-hybridized carbons (Fsp3) is 0.455. The third kappa shape index (κ3) is 4.79. The smallest absolute Gasteiger partial charge is 0.336 e. The molecule has 3 heterocycles. The van der Waals surface area contributed by atoms with Crippen molar-refractivity contribution in [3.63, 3.8) is 0 Å². The fourth-order valence-electron chi connectivity index (χ4n) is 4.19. The van der Waals surface area contributed by atoms with Gasteiger partial charge in [-0.05, 0) is 26.0 Å². The van der Waals surface area contributed by atoms with Crippen LogP contribution >= 0.6 is 0 Å². The first-order valence-electron chi connectivity index (χ1n) is 10.5. The molecule has 1 aromatic carbocycles. The van der Waals surface area contributed by atoms with Gasteiger partial charge in [-0.25, -0.2) is 18.7 Å². The van der Waals surface area contributed by atoms with Gasteiger partial charge in [-0.2, -0.15) is 0 Å². The predicted molar refractivity (Wildman–Crippen MR) is 116 cm³/mol. The van der Waals surface area contributed by atoms with E-state index in [0.29, 0.717) is 11.3 Å². The number of imidazole rings is 1. The van der Waals surface area contributed by atoms with Crippen LogP contribution < -0.4 is 10.1 Å². The zero-order chi connectivity index (χ0) is 23.6. The van der Waals surface area contributed by atoms with Crippen LogP contribution in [0.5, 0.6) is 11.8 Å². The molecule has 0 bridgehead atoms. The predicted octanol–water partition coefficient (Wildman–Crippen LogP) is 2.99. The average Bonchev–Trinajstić information content (AvgIpc) is 3.35. The number of hydrogen-bond acceptors (Lipinski definition) is 8. The number of nitrogens with zero attached hydrogens (tertiary/aromatic N) is 5. The van der Waals surface area contributed by atoms with Crippen LogP contribution in [0.3, 0.4) is 0 Å². The Hall–Kier alpha value is -3.18. The lowest BCUT2D eigenvalue weighted by molar-refractivity contribution is -0.0737. The third-order valence-corrected chi connectivity index (χ3v) is 5.80. The van der Waals surface area contributed by atoms with Gasteiger partial charge < -0.3 is 24.5 Å². The molecule has 0 spiro atoms. The molecule has 1 saturated heterocycles. The molecule has 11 heteroatoms. The van der Waals surface area contributed by atoms with Crippen LogP contribution in [0.15, 0.2) is 43.1 Å². The molecule has 4 rings (SSSR count). The maximum Gasteiger partial charge on any atom is 0.336 e. The van der Waals surface area contributed by atoms with Gasteiger partial charge in [0.2, 0.25) is 0 Å². The summed E-state index contributed by atoms with van der Waals surface area (Å²) in [4.78, 5) is 8.14. The van der Waals surface area contributed by atoms with Gasteiger partial charge in [-0.15, -0.1) is 5.10 Å². The van der Waals surface area contributed by atoms with Gasteiger partial charge in [0.15, 0.2) is 0 Å². The van der Waals surface area contributed by atoms with Crippen molar-refractivity contribution in [3.05, 3.63) is 43.1 Å². The quantitative estimate of drug-likeness (QED) is 0.528. The maximum absolute atomic E-state index is 14.5. The molecule has 3 atom stereocenters. The first-order valence-corrected chi connectivity index (χ1v) is 10.5. The molecule has 33 heavy (non-hydrogen) atoms. The monoisotopic (exact) mass is 460 g/mol. The van der Waals surface area contributed by atoms with Gasteiger partial charge in [0.1, 0.15) is 17.5 Å². The molecule has 2 aromatic heterocycles. The molecule has 1 aliphatic heterocycles. The van der Waals surface area contributed by atoms with Gasteiger partial charge >= 0.3 is 6.01 Å². The highest BCUT2D eigenvalue weighted by atomic mass is 19.3. The van der Waals surface area contributed by atoms with Crippen molar-refractivity contribution in [1.29, 1.82) is 0 Å². The second-order valence-electron chi connectivity index (χ2n) is 8.48. The van der Waals surface area contributed by atoms with Crippen molar-refractivity contribution in [2.75, 3.05) is 13.7 Å². The van der Waals surface area contributed by atoms with E-state index in [1.54, 1.807) is 48.4 Å². The standard InChI is InChI=1S/C22H26F2N6O3/c1-14-9-22(23,24)21(2,27-14)10-16(12-32-3)33-20-26-11-18(28-29-20)17-5-4-15(8-19(17)31)30-7-6-25-13-30/h4-8,11,13-14,16,27,31H,9-10,12H2,1-3H3/t14?,16-,21+/m0/s1. The van der Waals surface area contributed by atoms with Crippen LogP contribution in [0.2, 0.25) is 0 Å². The number of hydrogen-bond donors (Lipinski definition) is 2. The molecule has 9 nitrogen and oxygen atoms in total. The van der Waals surface area contributed by atoms with Crippen molar-refractivity contribution in [2.24, 2.45) is 0 Å². The van der Waals surface area contributed by atoms with Gasteiger partial charge in [-0.3, -0.25) is 0 Å². The van der Waals surface area contributed by atoms with Crippen molar-refractivity contribution in [2.45, 2.75) is 50.3 Å². The van der Waals surface area contributed by atoms with Crippen LogP contribution in [0.25, 0.3) is 16.9 Å². The summed E-state index contributed by atoms with van der Waals surface area (Å²) < 4.78 is 41.8. The Morgan fingerprint density at radius 2 is 2.15 bits per heavy atom. The summed E-state index contributed by atoms with van der Waals surface area (Å²) in [6, 6.07) is 4.70. The minimum Gasteiger partial charge on any atom is -0.507 e. The number of nitrogens with one attached hydrogen (secondary N) is 1. The number of phenols is 1. The number of phenolic OH excluding ortho intramolecular Hbond substituents is 1. The highest BCUT2D eigenvalue weighted by Crippen LogP contribution is 2.42. The normalized spacial score (nSPS) is 22.9. The van der Waals surface area contributed by atoms with Gasteiger partial charge in [0, 0.05) is 50.0 Å². The van der Waals surface area contributed by atoms with Crippen LogP contribution in [0.4, 0.5) is 8.78 Å². The molecule has 0 aliphatic carbocycles. The third-order valence-electron chi connectivity index (χ3n) is 5.80. The molecule has 1 unspecified atom stereocenters. The Morgan fingerprint density at radius 1 is 1.33 bits per heavy atom. The Morgan fingerprint density at radius 3 is 2.73 bits per heavy atom. The highest BCUT2D eigenvalue weighted by molar-refractivity contribution is 5.67. The second kappa shape index (κ2) is 8.99. The number of rotatable bonds is 8. The Labute approximate surface area is 189 Å². The number of alkyl halides is 2. The summed E-state index contributed by atoms with van der Waals surface area (Å²) in [5.74, 6) is -2.88. The van der Waals surface area contributed by atoms with Crippen molar-refractivity contribution in [1.82, 2.24) is 30.0 Å². The van der Waals surface area contributed by atoms with Crippen LogP contribution in [0.1, 0.15) is 26.7 Å². The Kier molecular flexibility index (Phi) is 6.26. The van der Waals surface area contributed by atoms with E-state index in [1.165, 1.54) is 20.2 Å². The SMILES string of the molecule is COC[C@H](C[C@@]1(C)NC(C)CC1(F)F)Oc1ncc(-c2ccc(-n3ccnc3)cc2O)nn1. The molecule has 1 fully saturated rings. The summed E-state index contributed by atoms with van der Waals surface area (Å²) in [5, 5.41) is 21.5. The summed E-state index contributed by atoms with van der Waals surface area (Å²) >= 11 is 0. The fourth-order valence-corrected chi connectivity index (χ4v) is 4.19. The van der Waals surface area contributed by atoms with E-state index < -0.39 is 17.6 Å². The van der Waals surface area contributed by atoms with E-state index in [2.05, 4.69) is 25.5 Å². The van der Waals surface area contributed by atoms with E-state index in [-0.39, 0.29) is 37.3 Å². The van der Waals surface area contributed by atoms with Gasteiger partial charge in [-0.1, -0.05) is 5.10 Å². The number of aromatic hydroxyl groups is 1. The minimum atomic E-state index is -2.88. The highest BCUT2D eigenvalue weighted by Gasteiger charge is 2.57. The lowest BCUT2D eigenvalue weighted by Crippen LogP contribution is -2.53. The zero-order valence-corrected chi connectivity index (χ0v) is 18.6. The Balaban J connectivity index is 1.48. The van der Waals surface area contributed by atoms with Crippen LogP contribution in [-0.4, -0.2) is 67.2 Å². The van der Waals surface area contributed by atoms with E-state index in [4.69, 9.17) is 9.47 Å². The summed E-state index contributed by atoms with van der Waals surface area (Å²) in [6.45, 7) is 3.30. The molecule has 0 saturated carbocycles. The summed E-state index contributed by atoms with van der Waals surface area (Å²) in [7, 11) is 1.47. The van der Waals surface area contributed by atoms with Crippen molar-refractivity contribution >= 4 is 0 Å². The topological polar surface area (TPSA) is 107 Å². The number of aromatic nitrogens is 5. The number of halogens is 2. The number of benzene rings is 1. The lowest BCUT2D eigenvalue weighted by Gasteiger charge is -2.34. The first-order chi connectivity index (χ1) is 15.7. The van der Waals surface area contributed by atoms with Crippen molar-refractivity contribution in [3.8, 4) is 28.7 Å². The van der Waals surface area contributed by atoms with Gasteiger partial charge in [0.05, 0.1) is 30.4 Å². The van der Waals surface area contributed by atoms with Gasteiger partial charge in [0.25, 0.3) is 5.92 Å². The lowest BCUT2D eigenvalue weighted by atomic mass is 9.89. The van der Waals surface area contributed by atoms with E-state index >= 15 is 0 Å². The molecular formula is C22H26F2N6O3. The summed E-state index contributed by atoms with van der Waals surface area (Å²) in [5.41, 5.74) is 0.0728. The number of ether oxygens (including phenoxy) is 2. The largest absolute Gasteiger partial charge is 0.507 e. The zero-order valence-electron chi connectivity index (χ0n) is 18.6. The summed E-state index contributed by atoms with van der Waals surface area (Å²) in [6.07, 6.45) is 5.48. The van der Waals surface area contributed by atoms with Crippen molar-refractivity contribution < 1.29 is 23.4 Å². The Bertz CT molecular complexity index is 1080. The van der Waals surface area contributed by atoms with Crippen LogP contribution in [0, 0.1) is 0 Å². The molecule has 0 amide bonds.